The summed E-state index contributed by atoms with van der Waals surface area (Å²) in [6, 6.07) is 3.47. The van der Waals surface area contributed by atoms with E-state index in [1.807, 2.05) is 6.07 Å². The Morgan fingerprint density at radius 1 is 1.04 bits per heavy atom. The van der Waals surface area contributed by atoms with Gasteiger partial charge in [-0.05, 0) is 6.07 Å². The zero-order valence-electron chi connectivity index (χ0n) is 12.4. The van der Waals surface area contributed by atoms with Gasteiger partial charge in [-0.3, -0.25) is 9.78 Å². The van der Waals surface area contributed by atoms with Crippen molar-refractivity contribution in [2.24, 2.45) is 0 Å². The number of aromatic amines is 1. The summed E-state index contributed by atoms with van der Waals surface area (Å²) in [6.07, 6.45) is 6.52. The molecule has 1 aliphatic heterocycles. The summed E-state index contributed by atoms with van der Waals surface area (Å²) in [5.74, 6) is 1.64. The molecule has 0 aliphatic carbocycles. The lowest BCUT2D eigenvalue weighted by atomic mass is 10.2. The lowest BCUT2D eigenvalue weighted by molar-refractivity contribution is 0.642. The third kappa shape index (κ3) is 2.59. The Hall–Kier alpha value is -3.03. The number of aromatic nitrogens is 5. The summed E-state index contributed by atoms with van der Waals surface area (Å²) in [7, 11) is 0. The lowest BCUT2D eigenvalue weighted by Crippen LogP contribution is -2.47. The normalized spacial score (nSPS) is 15.1. The van der Waals surface area contributed by atoms with E-state index in [1.165, 1.54) is 12.4 Å². The Bertz CT molecular complexity index is 881. The molecule has 8 heteroatoms. The molecule has 116 valence electrons. The SMILES string of the molecule is O=c1cc(N2CCN(c3ncnc4cnccc34)CC2)nc[nH]1. The van der Waals surface area contributed by atoms with Crippen LogP contribution in [0.15, 0.2) is 42.0 Å². The van der Waals surface area contributed by atoms with Gasteiger partial charge in [-0.25, -0.2) is 15.0 Å². The molecule has 0 saturated carbocycles. The van der Waals surface area contributed by atoms with Crippen molar-refractivity contribution in [1.29, 1.82) is 0 Å². The number of fused-ring (bicyclic) bond motifs is 1. The van der Waals surface area contributed by atoms with Crippen LogP contribution in [0.3, 0.4) is 0 Å². The molecule has 0 spiro atoms. The van der Waals surface area contributed by atoms with Gasteiger partial charge in [-0.2, -0.15) is 0 Å². The second-order valence-corrected chi connectivity index (χ2v) is 5.33. The van der Waals surface area contributed by atoms with Gasteiger partial charge < -0.3 is 14.8 Å². The van der Waals surface area contributed by atoms with E-state index in [2.05, 4.69) is 34.7 Å². The standard InChI is InChI=1S/C15H15N7O/c23-14-7-13(18-10-19-14)21-3-5-22(6-4-21)15-11-1-2-16-8-12(11)17-9-20-15/h1-2,7-10H,3-6H2,(H,18,19,23). The van der Waals surface area contributed by atoms with Crippen molar-refractivity contribution in [3.05, 3.63) is 47.5 Å². The quantitative estimate of drug-likeness (QED) is 0.734. The fourth-order valence-corrected chi connectivity index (χ4v) is 2.82. The van der Waals surface area contributed by atoms with Crippen LogP contribution in [0.5, 0.6) is 0 Å². The van der Waals surface area contributed by atoms with Crippen molar-refractivity contribution >= 4 is 22.5 Å². The largest absolute Gasteiger partial charge is 0.353 e. The second kappa shape index (κ2) is 5.64. The predicted molar refractivity (Wildman–Crippen MR) is 86.6 cm³/mol. The van der Waals surface area contributed by atoms with Crippen molar-refractivity contribution < 1.29 is 0 Å². The first-order valence-electron chi connectivity index (χ1n) is 7.40. The molecule has 23 heavy (non-hydrogen) atoms. The Morgan fingerprint density at radius 2 is 1.87 bits per heavy atom. The van der Waals surface area contributed by atoms with Crippen molar-refractivity contribution in [3.63, 3.8) is 0 Å². The Balaban J connectivity index is 1.56. The summed E-state index contributed by atoms with van der Waals surface area (Å²) in [6.45, 7) is 3.19. The average Bonchev–Trinajstić information content (AvgIpc) is 2.61. The molecule has 0 radical (unpaired) electrons. The molecule has 0 bridgehead atoms. The van der Waals surface area contributed by atoms with Gasteiger partial charge in [0.05, 0.1) is 18.0 Å². The molecule has 3 aromatic rings. The molecule has 0 unspecified atom stereocenters. The van der Waals surface area contributed by atoms with E-state index in [4.69, 9.17) is 0 Å². The van der Waals surface area contributed by atoms with Gasteiger partial charge in [-0.15, -0.1) is 0 Å². The van der Waals surface area contributed by atoms with Crippen LogP contribution in [-0.2, 0) is 0 Å². The summed E-state index contributed by atoms with van der Waals surface area (Å²) in [5, 5.41) is 1.00. The van der Waals surface area contributed by atoms with Gasteiger partial charge in [0.15, 0.2) is 0 Å². The Labute approximate surface area is 131 Å². The highest BCUT2D eigenvalue weighted by Crippen LogP contribution is 2.23. The smallest absolute Gasteiger partial charge is 0.252 e. The van der Waals surface area contributed by atoms with E-state index < -0.39 is 0 Å². The summed E-state index contributed by atoms with van der Waals surface area (Å²) < 4.78 is 0. The average molecular weight is 309 g/mol. The first-order valence-corrected chi connectivity index (χ1v) is 7.40. The molecule has 3 aromatic heterocycles. The molecule has 1 aliphatic rings. The Kier molecular flexibility index (Phi) is 3.34. The summed E-state index contributed by atoms with van der Waals surface area (Å²) in [4.78, 5) is 35.3. The number of H-pyrrole nitrogens is 1. The van der Waals surface area contributed by atoms with Crippen LogP contribution in [0.1, 0.15) is 0 Å². The maximum Gasteiger partial charge on any atom is 0.252 e. The minimum absolute atomic E-state index is 0.133. The molecule has 0 amide bonds. The molecule has 4 rings (SSSR count). The van der Waals surface area contributed by atoms with Gasteiger partial charge in [0.1, 0.15) is 18.0 Å². The number of pyridine rings is 1. The van der Waals surface area contributed by atoms with Crippen molar-refractivity contribution in [2.45, 2.75) is 0 Å². The monoisotopic (exact) mass is 309 g/mol. The highest BCUT2D eigenvalue weighted by atomic mass is 16.1. The number of piperazine rings is 1. The number of anilines is 2. The van der Waals surface area contributed by atoms with E-state index in [0.717, 1.165) is 42.9 Å². The maximum absolute atomic E-state index is 11.4. The second-order valence-electron chi connectivity index (χ2n) is 5.33. The van der Waals surface area contributed by atoms with Crippen molar-refractivity contribution in [2.75, 3.05) is 36.0 Å². The molecule has 0 aromatic carbocycles. The number of nitrogens with one attached hydrogen (secondary N) is 1. The third-order valence-electron chi connectivity index (χ3n) is 3.98. The zero-order valence-corrected chi connectivity index (χ0v) is 12.4. The first kappa shape index (κ1) is 13.6. The topological polar surface area (TPSA) is 90.9 Å². The van der Waals surface area contributed by atoms with Crippen molar-refractivity contribution in [1.82, 2.24) is 24.9 Å². The summed E-state index contributed by atoms with van der Waals surface area (Å²) in [5.41, 5.74) is 0.711. The number of rotatable bonds is 2. The van der Waals surface area contributed by atoms with Gasteiger partial charge in [0.25, 0.3) is 5.56 Å². The fourth-order valence-electron chi connectivity index (χ4n) is 2.82. The van der Waals surface area contributed by atoms with Crippen LogP contribution in [0.25, 0.3) is 10.9 Å². The lowest BCUT2D eigenvalue weighted by Gasteiger charge is -2.36. The van der Waals surface area contributed by atoms with Crippen LogP contribution in [0, 0.1) is 0 Å². The minimum Gasteiger partial charge on any atom is -0.353 e. The van der Waals surface area contributed by atoms with E-state index in [0.29, 0.717) is 5.82 Å². The molecule has 0 atom stereocenters. The molecule has 4 heterocycles. The third-order valence-corrected chi connectivity index (χ3v) is 3.98. The predicted octanol–water partition coefficient (Wildman–Crippen LogP) is 0.435. The summed E-state index contributed by atoms with van der Waals surface area (Å²) >= 11 is 0. The molecule has 8 nitrogen and oxygen atoms in total. The molecule has 1 N–H and O–H groups in total. The van der Waals surface area contributed by atoms with E-state index >= 15 is 0 Å². The van der Waals surface area contributed by atoms with Gasteiger partial charge in [0, 0.05) is 43.8 Å². The molecule has 1 saturated heterocycles. The molecular formula is C15H15N7O. The van der Waals surface area contributed by atoms with Crippen molar-refractivity contribution in [3.8, 4) is 0 Å². The zero-order chi connectivity index (χ0) is 15.6. The highest BCUT2D eigenvalue weighted by Gasteiger charge is 2.20. The number of nitrogens with zero attached hydrogens (tertiary/aromatic N) is 6. The molecular weight excluding hydrogens is 294 g/mol. The maximum atomic E-state index is 11.4. The van der Waals surface area contributed by atoms with Crippen LogP contribution in [-0.4, -0.2) is 51.1 Å². The van der Waals surface area contributed by atoms with Crippen LogP contribution < -0.4 is 15.4 Å². The van der Waals surface area contributed by atoms with E-state index in [1.54, 1.807) is 18.7 Å². The van der Waals surface area contributed by atoms with Crippen LogP contribution >= 0.6 is 0 Å². The van der Waals surface area contributed by atoms with Crippen LogP contribution in [0.2, 0.25) is 0 Å². The van der Waals surface area contributed by atoms with E-state index in [-0.39, 0.29) is 5.56 Å². The Morgan fingerprint density at radius 3 is 2.70 bits per heavy atom. The van der Waals surface area contributed by atoms with Crippen LogP contribution in [0.4, 0.5) is 11.6 Å². The number of hydrogen-bond donors (Lipinski definition) is 1. The fraction of sp³-hybridized carbons (Fsp3) is 0.267. The van der Waals surface area contributed by atoms with E-state index in [9.17, 15) is 4.79 Å². The highest BCUT2D eigenvalue weighted by molar-refractivity contribution is 5.88. The van der Waals surface area contributed by atoms with Gasteiger partial charge in [0.2, 0.25) is 0 Å². The molecule has 1 fully saturated rings. The number of hydrogen-bond acceptors (Lipinski definition) is 7. The minimum atomic E-state index is -0.133. The first-order chi connectivity index (χ1) is 11.3. The van der Waals surface area contributed by atoms with Gasteiger partial charge in [-0.1, -0.05) is 0 Å². The van der Waals surface area contributed by atoms with Gasteiger partial charge >= 0.3 is 0 Å².